The fraction of sp³-hybridized carbons (Fsp3) is 0. The molecule has 0 bridgehead atoms. The Morgan fingerprint density at radius 3 is 2.91 bits per heavy atom. The molecule has 0 fully saturated rings. The molecule has 1 aliphatic rings. The number of hydrogen-bond acceptors (Lipinski definition) is 3. The molecular weight excluding hydrogens is 346 g/mol. The number of Topliss-reactive ketones (excluding diaryl/α,β-unsaturated/α-hetero) is 1. The first-order chi connectivity index (χ1) is 10.6. The molecule has 22 heavy (non-hydrogen) atoms. The summed E-state index contributed by atoms with van der Waals surface area (Å²) in [5.41, 5.74) is 2.04. The van der Waals surface area contributed by atoms with Crippen molar-refractivity contribution in [1.29, 1.82) is 0 Å². The Balaban J connectivity index is 1.83. The largest absolute Gasteiger partial charge is 0.507 e. The third-order valence-electron chi connectivity index (χ3n) is 3.64. The topological polar surface area (TPSA) is 62.3 Å². The number of carbonyl (C=O) groups excluding carboxylic acids is 1. The first-order valence-corrected chi connectivity index (χ1v) is 7.45. The minimum absolute atomic E-state index is 0.0624. The number of aromatic nitrogens is 1. The molecule has 0 amide bonds. The average molecular weight is 356 g/mol. The number of aromatic amines is 1. The number of benzene rings is 2. The molecule has 0 spiro atoms. The average Bonchev–Trinajstić information content (AvgIpc) is 3.03. The van der Waals surface area contributed by atoms with E-state index in [1.807, 2.05) is 24.4 Å². The van der Waals surface area contributed by atoms with E-state index in [9.17, 15) is 9.90 Å². The van der Waals surface area contributed by atoms with Gasteiger partial charge in [-0.05, 0) is 36.4 Å². The van der Waals surface area contributed by atoms with Crippen LogP contribution in [0.5, 0.6) is 11.5 Å². The number of halogens is 1. The lowest BCUT2D eigenvalue weighted by molar-refractivity contribution is 0.101. The zero-order valence-corrected chi connectivity index (χ0v) is 12.8. The normalized spacial score (nSPS) is 15.3. The molecule has 0 radical (unpaired) electrons. The number of nitrogens with one attached hydrogen (secondary N) is 1. The zero-order chi connectivity index (χ0) is 15.3. The second-order valence-corrected chi connectivity index (χ2v) is 5.94. The maximum Gasteiger partial charge on any atom is 0.235 e. The summed E-state index contributed by atoms with van der Waals surface area (Å²) >= 11 is 3.44. The van der Waals surface area contributed by atoms with Crippen molar-refractivity contribution in [2.45, 2.75) is 0 Å². The van der Waals surface area contributed by atoms with Crippen LogP contribution in [0.1, 0.15) is 15.9 Å². The molecule has 4 rings (SSSR count). The number of carbonyl (C=O) groups is 1. The number of phenols is 1. The quantitative estimate of drug-likeness (QED) is 0.641. The van der Waals surface area contributed by atoms with Crippen LogP contribution in [0.25, 0.3) is 17.0 Å². The first kappa shape index (κ1) is 13.2. The van der Waals surface area contributed by atoms with Crippen LogP contribution in [0.3, 0.4) is 0 Å². The van der Waals surface area contributed by atoms with Gasteiger partial charge in [0.25, 0.3) is 0 Å². The van der Waals surface area contributed by atoms with Gasteiger partial charge in [0.15, 0.2) is 5.76 Å². The summed E-state index contributed by atoms with van der Waals surface area (Å²) in [4.78, 5) is 15.5. The van der Waals surface area contributed by atoms with E-state index < -0.39 is 0 Å². The highest BCUT2D eigenvalue weighted by Gasteiger charge is 2.30. The number of rotatable bonds is 1. The van der Waals surface area contributed by atoms with Gasteiger partial charge in [-0.15, -0.1) is 0 Å². The Morgan fingerprint density at radius 1 is 1.23 bits per heavy atom. The van der Waals surface area contributed by atoms with E-state index in [4.69, 9.17) is 4.74 Å². The van der Waals surface area contributed by atoms with Gasteiger partial charge in [0.05, 0.1) is 0 Å². The smallest absolute Gasteiger partial charge is 0.235 e. The molecule has 0 atom stereocenters. The van der Waals surface area contributed by atoms with Gasteiger partial charge >= 0.3 is 0 Å². The minimum atomic E-state index is -0.308. The van der Waals surface area contributed by atoms with Crippen LogP contribution in [-0.2, 0) is 0 Å². The maximum atomic E-state index is 12.4. The van der Waals surface area contributed by atoms with Crippen LogP contribution < -0.4 is 4.74 Å². The van der Waals surface area contributed by atoms with Crippen LogP contribution in [-0.4, -0.2) is 15.9 Å². The molecule has 2 aromatic carbocycles. The number of fused-ring (bicyclic) bond motifs is 2. The Morgan fingerprint density at radius 2 is 2.09 bits per heavy atom. The van der Waals surface area contributed by atoms with Gasteiger partial charge in [-0.3, -0.25) is 4.79 Å². The standard InChI is InChI=1S/C17H10BrNO3/c18-10-4-5-12-11(7-10)9(8-19-12)6-15-17(21)16-13(20)2-1-3-14(16)22-15/h1-8,19-20H/b15-6+. The summed E-state index contributed by atoms with van der Waals surface area (Å²) in [5.74, 6) is 0.222. The molecule has 108 valence electrons. The highest BCUT2D eigenvalue weighted by molar-refractivity contribution is 9.10. The number of aromatic hydroxyl groups is 1. The van der Waals surface area contributed by atoms with E-state index in [1.54, 1.807) is 18.2 Å². The number of ether oxygens (including phenoxy) is 1. The van der Waals surface area contributed by atoms with Crippen molar-refractivity contribution in [1.82, 2.24) is 4.98 Å². The van der Waals surface area contributed by atoms with Crippen molar-refractivity contribution >= 4 is 38.7 Å². The summed E-state index contributed by atoms with van der Waals surface area (Å²) in [6.45, 7) is 0. The number of ketones is 1. The van der Waals surface area contributed by atoms with Crippen LogP contribution >= 0.6 is 15.9 Å². The molecule has 2 N–H and O–H groups in total. The maximum absolute atomic E-state index is 12.4. The van der Waals surface area contributed by atoms with Gasteiger partial charge < -0.3 is 14.8 Å². The molecule has 0 aliphatic carbocycles. The van der Waals surface area contributed by atoms with Crippen LogP contribution in [0.2, 0.25) is 0 Å². The highest BCUT2D eigenvalue weighted by Crippen LogP contribution is 2.37. The molecule has 0 saturated carbocycles. The third kappa shape index (κ3) is 1.94. The van der Waals surface area contributed by atoms with E-state index in [0.717, 1.165) is 20.9 Å². The summed E-state index contributed by atoms with van der Waals surface area (Å²) in [7, 11) is 0. The van der Waals surface area contributed by atoms with Gasteiger partial charge in [0.2, 0.25) is 5.78 Å². The Kier molecular flexibility index (Phi) is 2.84. The first-order valence-electron chi connectivity index (χ1n) is 6.66. The second kappa shape index (κ2) is 4.74. The minimum Gasteiger partial charge on any atom is -0.507 e. The van der Waals surface area contributed by atoms with Crippen LogP contribution in [0, 0.1) is 0 Å². The fourth-order valence-corrected chi connectivity index (χ4v) is 2.95. The molecule has 2 heterocycles. The van der Waals surface area contributed by atoms with E-state index in [0.29, 0.717) is 5.75 Å². The van der Waals surface area contributed by atoms with Crippen molar-refractivity contribution < 1.29 is 14.6 Å². The summed E-state index contributed by atoms with van der Waals surface area (Å²) < 4.78 is 6.54. The predicted octanol–water partition coefficient (Wildman–Crippen LogP) is 4.25. The fourth-order valence-electron chi connectivity index (χ4n) is 2.59. The molecule has 0 unspecified atom stereocenters. The molecular formula is C17H10BrNO3. The van der Waals surface area contributed by atoms with E-state index >= 15 is 0 Å². The predicted molar refractivity (Wildman–Crippen MR) is 87.0 cm³/mol. The second-order valence-electron chi connectivity index (χ2n) is 5.02. The van der Waals surface area contributed by atoms with Crippen molar-refractivity contribution in [2.24, 2.45) is 0 Å². The van der Waals surface area contributed by atoms with E-state index in [1.165, 1.54) is 6.07 Å². The van der Waals surface area contributed by atoms with Gasteiger partial charge in [-0.25, -0.2) is 0 Å². The van der Waals surface area contributed by atoms with Crippen LogP contribution in [0.4, 0.5) is 0 Å². The van der Waals surface area contributed by atoms with Gasteiger partial charge in [0, 0.05) is 27.1 Å². The number of allylic oxidation sites excluding steroid dienone is 1. The number of phenolic OH excluding ortho intramolecular Hbond substituents is 1. The molecule has 3 aromatic rings. The van der Waals surface area contributed by atoms with E-state index in [2.05, 4.69) is 20.9 Å². The highest BCUT2D eigenvalue weighted by atomic mass is 79.9. The molecule has 4 nitrogen and oxygen atoms in total. The number of H-pyrrole nitrogens is 1. The monoisotopic (exact) mass is 355 g/mol. The van der Waals surface area contributed by atoms with Crippen molar-refractivity contribution in [3.63, 3.8) is 0 Å². The lowest BCUT2D eigenvalue weighted by atomic mass is 10.1. The van der Waals surface area contributed by atoms with Gasteiger partial charge in [-0.1, -0.05) is 22.0 Å². The molecule has 0 saturated heterocycles. The van der Waals surface area contributed by atoms with Crippen molar-refractivity contribution in [2.75, 3.05) is 0 Å². The summed E-state index contributed by atoms with van der Waals surface area (Å²) in [5, 5.41) is 10.8. The molecule has 1 aromatic heterocycles. The molecule has 5 heteroatoms. The Bertz CT molecular complexity index is 956. The van der Waals surface area contributed by atoms with Gasteiger partial charge in [-0.2, -0.15) is 0 Å². The van der Waals surface area contributed by atoms with E-state index in [-0.39, 0.29) is 22.9 Å². The van der Waals surface area contributed by atoms with Gasteiger partial charge in [0.1, 0.15) is 17.1 Å². The Labute approximate surface area is 134 Å². The van der Waals surface area contributed by atoms with Crippen LogP contribution in [0.15, 0.2) is 52.8 Å². The zero-order valence-electron chi connectivity index (χ0n) is 11.3. The SMILES string of the molecule is O=C1/C(=C\c2c[nH]c3ccc(Br)cc23)Oc2cccc(O)c21. The third-order valence-corrected chi connectivity index (χ3v) is 4.13. The summed E-state index contributed by atoms with van der Waals surface area (Å²) in [6.07, 6.45) is 3.51. The van der Waals surface area contributed by atoms with Crippen molar-refractivity contribution in [3.8, 4) is 11.5 Å². The molecule has 1 aliphatic heterocycles. The lowest BCUT2D eigenvalue weighted by Gasteiger charge is -1.98. The number of hydrogen-bond donors (Lipinski definition) is 2. The van der Waals surface area contributed by atoms with Crippen molar-refractivity contribution in [3.05, 3.63) is 64.0 Å². The lowest BCUT2D eigenvalue weighted by Crippen LogP contribution is -1.98. The Hall–Kier alpha value is -2.53. The summed E-state index contributed by atoms with van der Waals surface area (Å²) in [6, 6.07) is 10.7.